The summed E-state index contributed by atoms with van der Waals surface area (Å²) in [6.07, 6.45) is 8.58. The van der Waals surface area contributed by atoms with Crippen molar-refractivity contribution in [1.82, 2.24) is 0 Å². The summed E-state index contributed by atoms with van der Waals surface area (Å²) in [4.78, 5) is 0. The lowest BCUT2D eigenvalue weighted by Crippen LogP contribution is -2.41. The Hall–Kier alpha value is -0.315. The first-order chi connectivity index (χ1) is 8.86. The Labute approximate surface area is 117 Å². The molecule has 1 N–H and O–H groups in total. The monoisotopic (exact) mass is 266 g/mol. The van der Waals surface area contributed by atoms with Crippen molar-refractivity contribution in [1.29, 1.82) is 0 Å². The summed E-state index contributed by atoms with van der Waals surface area (Å²) < 4.78 is 12.0. The number of aliphatic hydroxyl groups excluding tert-OH is 1. The smallest absolute Gasteiger partial charge is 0.400 e. The summed E-state index contributed by atoms with van der Waals surface area (Å²) in [6, 6.07) is 0. The topological polar surface area (TPSA) is 38.7 Å². The van der Waals surface area contributed by atoms with Gasteiger partial charge in [-0.3, -0.25) is 0 Å². The molecule has 0 aromatic heterocycles. The molecule has 1 aliphatic carbocycles. The highest BCUT2D eigenvalue weighted by Gasteiger charge is 2.52. The third-order valence-corrected chi connectivity index (χ3v) is 4.84. The van der Waals surface area contributed by atoms with Gasteiger partial charge >= 0.3 is 7.12 Å². The number of allylic oxidation sites excluding steroid dienone is 1. The van der Waals surface area contributed by atoms with Crippen LogP contribution in [0.5, 0.6) is 0 Å². The van der Waals surface area contributed by atoms with Gasteiger partial charge in [0.05, 0.1) is 17.8 Å². The summed E-state index contributed by atoms with van der Waals surface area (Å²) in [5.74, 6) is 0.579. The van der Waals surface area contributed by atoms with E-state index in [-0.39, 0.29) is 17.8 Å². The molecule has 0 spiro atoms. The van der Waals surface area contributed by atoms with E-state index in [0.717, 1.165) is 5.47 Å². The summed E-state index contributed by atoms with van der Waals surface area (Å²) in [6.45, 7) is 8.20. The van der Waals surface area contributed by atoms with Gasteiger partial charge in [0.15, 0.2) is 0 Å². The van der Waals surface area contributed by atoms with Crippen molar-refractivity contribution >= 4 is 7.12 Å². The van der Waals surface area contributed by atoms with Crippen molar-refractivity contribution in [2.75, 3.05) is 6.61 Å². The third kappa shape index (κ3) is 3.23. The fourth-order valence-corrected chi connectivity index (χ4v) is 2.80. The number of rotatable bonds is 3. The molecule has 0 unspecified atom stereocenters. The Morgan fingerprint density at radius 2 is 1.63 bits per heavy atom. The maximum atomic E-state index is 9.63. The molecule has 0 amide bonds. The molecule has 1 aliphatic heterocycles. The van der Waals surface area contributed by atoms with Crippen LogP contribution in [-0.4, -0.2) is 30.0 Å². The molecule has 0 aromatic carbocycles. The van der Waals surface area contributed by atoms with Gasteiger partial charge in [0.25, 0.3) is 0 Å². The Morgan fingerprint density at radius 3 is 2.11 bits per heavy atom. The average Bonchev–Trinajstić information content (AvgIpc) is 2.56. The van der Waals surface area contributed by atoms with Crippen LogP contribution in [0.15, 0.2) is 11.5 Å². The minimum absolute atomic E-state index is 0.0212. The largest absolute Gasteiger partial charge is 0.492 e. The van der Waals surface area contributed by atoms with Crippen molar-refractivity contribution in [2.45, 2.75) is 71.0 Å². The summed E-state index contributed by atoms with van der Waals surface area (Å²) in [7, 11) is -0.392. The molecule has 2 rings (SSSR count). The molecule has 1 heterocycles. The molecule has 0 bridgehead atoms. The van der Waals surface area contributed by atoms with Crippen LogP contribution in [0.1, 0.15) is 59.8 Å². The summed E-state index contributed by atoms with van der Waals surface area (Å²) >= 11 is 0. The molecule has 2 fully saturated rings. The molecule has 19 heavy (non-hydrogen) atoms. The van der Waals surface area contributed by atoms with Gasteiger partial charge in [-0.2, -0.15) is 0 Å². The maximum absolute atomic E-state index is 9.63. The van der Waals surface area contributed by atoms with E-state index < -0.39 is 7.12 Å². The quantitative estimate of drug-likeness (QED) is 0.798. The van der Waals surface area contributed by atoms with Gasteiger partial charge in [0, 0.05) is 0 Å². The normalized spacial score (nSPS) is 27.8. The summed E-state index contributed by atoms with van der Waals surface area (Å²) in [5.41, 5.74) is 0.224. The molecule has 2 aliphatic rings. The minimum atomic E-state index is -0.392. The minimum Gasteiger partial charge on any atom is -0.400 e. The third-order valence-electron chi connectivity index (χ3n) is 4.84. The van der Waals surface area contributed by atoms with Crippen molar-refractivity contribution in [3.63, 3.8) is 0 Å². The molecule has 1 saturated carbocycles. The van der Waals surface area contributed by atoms with Gasteiger partial charge in [-0.05, 0) is 51.9 Å². The molecule has 0 atom stereocenters. The van der Waals surface area contributed by atoms with E-state index >= 15 is 0 Å². The van der Waals surface area contributed by atoms with Crippen molar-refractivity contribution < 1.29 is 14.4 Å². The van der Waals surface area contributed by atoms with Crippen molar-refractivity contribution in [3.8, 4) is 0 Å². The second-order valence-electron chi connectivity index (χ2n) is 6.89. The van der Waals surface area contributed by atoms with Crippen LogP contribution in [0.4, 0.5) is 0 Å². The second kappa shape index (κ2) is 5.59. The fourth-order valence-electron chi connectivity index (χ4n) is 2.80. The Kier molecular flexibility index (Phi) is 4.43. The highest BCUT2D eigenvalue weighted by Crippen LogP contribution is 2.39. The Bertz CT molecular complexity index is 327. The van der Waals surface area contributed by atoms with E-state index in [4.69, 9.17) is 9.31 Å². The zero-order valence-electron chi connectivity index (χ0n) is 12.7. The second-order valence-corrected chi connectivity index (χ2v) is 6.89. The predicted octanol–water partition coefficient (Wildman–Crippen LogP) is 3.12. The molecule has 1 saturated heterocycles. The average molecular weight is 266 g/mol. The van der Waals surface area contributed by atoms with E-state index in [1.54, 1.807) is 0 Å². The molecular formula is C15H27BO3. The highest BCUT2D eigenvalue weighted by molar-refractivity contribution is 6.54. The molecule has 0 radical (unpaired) electrons. The van der Waals surface area contributed by atoms with Crippen LogP contribution in [0, 0.1) is 5.92 Å². The molecule has 4 heteroatoms. The lowest BCUT2D eigenvalue weighted by Gasteiger charge is -2.32. The number of hydrogen-bond acceptors (Lipinski definition) is 3. The van der Waals surface area contributed by atoms with Crippen LogP contribution in [-0.2, 0) is 9.31 Å². The first kappa shape index (κ1) is 15.1. The molecule has 108 valence electrons. The maximum Gasteiger partial charge on any atom is 0.492 e. The van der Waals surface area contributed by atoms with Crippen molar-refractivity contribution in [2.24, 2.45) is 5.92 Å². The van der Waals surface area contributed by atoms with E-state index in [0.29, 0.717) is 5.92 Å². The highest BCUT2D eigenvalue weighted by atomic mass is 16.7. The van der Waals surface area contributed by atoms with E-state index in [9.17, 15) is 5.11 Å². The van der Waals surface area contributed by atoms with Gasteiger partial charge in [-0.15, -0.1) is 0 Å². The molecular weight excluding hydrogens is 239 g/mol. The summed E-state index contributed by atoms with van der Waals surface area (Å²) in [5, 5.41) is 9.63. The SMILES string of the molecule is CC1(C)OB(C(=CC2CCCCC2)CO)OC1(C)C. The van der Waals surface area contributed by atoms with Crippen LogP contribution >= 0.6 is 0 Å². The fraction of sp³-hybridized carbons (Fsp3) is 0.867. The van der Waals surface area contributed by atoms with Crippen LogP contribution < -0.4 is 0 Å². The van der Waals surface area contributed by atoms with Gasteiger partial charge in [-0.1, -0.05) is 25.3 Å². The van der Waals surface area contributed by atoms with Gasteiger partial charge in [0.1, 0.15) is 0 Å². The van der Waals surface area contributed by atoms with Gasteiger partial charge in [-0.25, -0.2) is 0 Å². The first-order valence-electron chi connectivity index (χ1n) is 7.53. The van der Waals surface area contributed by atoms with Crippen molar-refractivity contribution in [3.05, 3.63) is 11.5 Å². The first-order valence-corrected chi connectivity index (χ1v) is 7.53. The Morgan fingerprint density at radius 1 is 1.11 bits per heavy atom. The van der Waals surface area contributed by atoms with Gasteiger partial charge < -0.3 is 14.4 Å². The molecule has 0 aromatic rings. The number of hydrogen-bond donors (Lipinski definition) is 1. The zero-order valence-corrected chi connectivity index (χ0v) is 12.7. The number of aliphatic hydroxyl groups is 1. The van der Waals surface area contributed by atoms with Crippen LogP contribution in [0.25, 0.3) is 0 Å². The van der Waals surface area contributed by atoms with Gasteiger partial charge in [0.2, 0.25) is 0 Å². The lowest BCUT2D eigenvalue weighted by molar-refractivity contribution is 0.00578. The van der Waals surface area contributed by atoms with Crippen LogP contribution in [0.2, 0.25) is 0 Å². The van der Waals surface area contributed by atoms with Crippen LogP contribution in [0.3, 0.4) is 0 Å². The van der Waals surface area contributed by atoms with E-state index in [2.05, 4.69) is 6.08 Å². The van der Waals surface area contributed by atoms with E-state index in [1.165, 1.54) is 32.1 Å². The van der Waals surface area contributed by atoms with E-state index in [1.807, 2.05) is 27.7 Å². The predicted molar refractivity (Wildman–Crippen MR) is 77.8 cm³/mol. The lowest BCUT2D eigenvalue weighted by atomic mass is 9.75. The zero-order chi connectivity index (χ0) is 14.1. The molecule has 3 nitrogen and oxygen atoms in total. The standard InChI is InChI=1S/C15H27BO3/c1-14(2)15(3,4)19-16(18-14)13(11-17)10-12-8-6-5-7-9-12/h10,12,17H,5-9,11H2,1-4H3. The Balaban J connectivity index is 2.08.